The fourth-order valence-electron chi connectivity index (χ4n) is 2.67. The molecule has 0 aliphatic heterocycles. The van der Waals surface area contributed by atoms with Crippen molar-refractivity contribution in [2.45, 2.75) is 38.3 Å². The van der Waals surface area contributed by atoms with Crippen LogP contribution in [-0.4, -0.2) is 34.1 Å². The molecule has 1 aromatic rings. The van der Waals surface area contributed by atoms with Crippen molar-refractivity contribution in [3.8, 4) is 0 Å². The average Bonchev–Trinajstić information content (AvgIpc) is 2.68. The summed E-state index contributed by atoms with van der Waals surface area (Å²) in [7, 11) is 4.24. The van der Waals surface area contributed by atoms with Crippen molar-refractivity contribution in [2.75, 3.05) is 13.6 Å². The highest BCUT2D eigenvalue weighted by atomic mass is 15.1. The topological polar surface area (TPSA) is 47.1 Å². The van der Waals surface area contributed by atoms with Gasteiger partial charge in [0.05, 0.1) is 6.54 Å². The number of rotatable bonds is 4. The van der Waals surface area contributed by atoms with Gasteiger partial charge in [0.15, 0.2) is 0 Å². The third kappa shape index (κ3) is 3.54. The molecule has 1 aliphatic rings. The molecular weight excluding hydrogens is 212 g/mol. The lowest BCUT2D eigenvalue weighted by Crippen LogP contribution is -2.32. The van der Waals surface area contributed by atoms with Crippen molar-refractivity contribution < 1.29 is 0 Å². The minimum atomic E-state index is 0.450. The molecule has 0 bridgehead atoms. The number of hydrogen-bond acceptors (Lipinski definition) is 3. The molecule has 0 unspecified atom stereocenters. The van der Waals surface area contributed by atoms with Crippen molar-refractivity contribution in [1.82, 2.24) is 14.5 Å². The van der Waals surface area contributed by atoms with E-state index in [0.29, 0.717) is 6.04 Å². The minimum absolute atomic E-state index is 0.450. The minimum Gasteiger partial charge on any atom is -0.337 e. The van der Waals surface area contributed by atoms with Crippen LogP contribution in [0.4, 0.5) is 0 Å². The van der Waals surface area contributed by atoms with Gasteiger partial charge in [0.25, 0.3) is 0 Å². The van der Waals surface area contributed by atoms with E-state index in [1.165, 1.54) is 32.2 Å². The van der Waals surface area contributed by atoms with E-state index in [1.54, 1.807) is 0 Å². The zero-order chi connectivity index (χ0) is 12.3. The third-order valence-electron chi connectivity index (χ3n) is 3.79. The lowest BCUT2D eigenvalue weighted by Gasteiger charge is -2.29. The second-order valence-corrected chi connectivity index (χ2v) is 5.43. The Morgan fingerprint density at radius 1 is 1.41 bits per heavy atom. The third-order valence-corrected chi connectivity index (χ3v) is 3.79. The van der Waals surface area contributed by atoms with E-state index in [9.17, 15) is 0 Å². The highest BCUT2D eigenvalue weighted by Crippen LogP contribution is 2.23. The number of hydrogen-bond donors (Lipinski definition) is 1. The molecule has 17 heavy (non-hydrogen) atoms. The highest BCUT2D eigenvalue weighted by molar-refractivity contribution is 4.90. The van der Waals surface area contributed by atoms with Gasteiger partial charge in [-0.05, 0) is 38.6 Å². The van der Waals surface area contributed by atoms with Crippen LogP contribution in [0, 0.1) is 5.92 Å². The van der Waals surface area contributed by atoms with Crippen LogP contribution in [0.25, 0.3) is 0 Å². The van der Waals surface area contributed by atoms with Crippen LogP contribution in [0.3, 0.4) is 0 Å². The van der Waals surface area contributed by atoms with Crippen molar-refractivity contribution in [3.05, 3.63) is 18.2 Å². The van der Waals surface area contributed by atoms with Gasteiger partial charge in [-0.15, -0.1) is 0 Å². The van der Waals surface area contributed by atoms with Crippen LogP contribution in [0.1, 0.15) is 31.5 Å². The van der Waals surface area contributed by atoms with Crippen molar-refractivity contribution in [3.63, 3.8) is 0 Å². The summed E-state index contributed by atoms with van der Waals surface area (Å²) < 4.78 is 2.09. The highest BCUT2D eigenvalue weighted by Gasteiger charge is 2.20. The maximum atomic E-state index is 5.93. The number of imidazole rings is 1. The van der Waals surface area contributed by atoms with Gasteiger partial charge in [0.2, 0.25) is 0 Å². The average molecular weight is 236 g/mol. The molecule has 0 saturated heterocycles. The molecule has 2 rings (SSSR count). The molecule has 1 saturated carbocycles. The zero-order valence-electron chi connectivity index (χ0n) is 11.0. The Bertz CT molecular complexity index is 339. The summed E-state index contributed by atoms with van der Waals surface area (Å²) in [6, 6.07) is 0.450. The molecule has 2 N–H and O–H groups in total. The molecule has 1 aliphatic carbocycles. The van der Waals surface area contributed by atoms with Gasteiger partial charge in [-0.2, -0.15) is 0 Å². The first kappa shape index (κ1) is 12.6. The molecule has 1 fully saturated rings. The molecule has 1 heterocycles. The molecule has 1 aromatic heterocycles. The van der Waals surface area contributed by atoms with E-state index in [-0.39, 0.29) is 0 Å². The number of nitrogens with two attached hydrogens (primary N) is 1. The second kappa shape index (κ2) is 5.65. The predicted octanol–water partition coefficient (Wildman–Crippen LogP) is 1.37. The first-order chi connectivity index (χ1) is 8.15. The molecular formula is C13H24N4. The van der Waals surface area contributed by atoms with Crippen LogP contribution in [0.15, 0.2) is 12.4 Å². The Balaban J connectivity index is 1.77. The first-order valence-electron chi connectivity index (χ1n) is 6.55. The molecule has 0 aromatic carbocycles. The molecule has 0 radical (unpaired) electrons. The van der Waals surface area contributed by atoms with Crippen LogP contribution in [-0.2, 0) is 13.6 Å². The van der Waals surface area contributed by atoms with Crippen LogP contribution < -0.4 is 5.73 Å². The summed E-state index contributed by atoms with van der Waals surface area (Å²) in [5, 5.41) is 0. The lowest BCUT2D eigenvalue weighted by molar-refractivity contribution is 0.214. The van der Waals surface area contributed by atoms with Crippen LogP contribution in [0.2, 0.25) is 0 Å². The summed E-state index contributed by atoms with van der Waals surface area (Å²) in [6.07, 6.45) is 8.82. The van der Waals surface area contributed by atoms with Gasteiger partial charge in [-0.25, -0.2) is 4.98 Å². The quantitative estimate of drug-likeness (QED) is 0.859. The Morgan fingerprint density at radius 2 is 2.12 bits per heavy atom. The summed E-state index contributed by atoms with van der Waals surface area (Å²) in [5.74, 6) is 1.96. The normalized spacial score (nSPS) is 25.4. The Kier molecular flexibility index (Phi) is 4.18. The SMILES string of the molecule is CN(Cc1nccn1C)CC1CCC(N)CC1. The van der Waals surface area contributed by atoms with E-state index >= 15 is 0 Å². The van der Waals surface area contributed by atoms with E-state index in [1.807, 2.05) is 12.4 Å². The maximum absolute atomic E-state index is 5.93. The molecule has 4 heteroatoms. The second-order valence-electron chi connectivity index (χ2n) is 5.43. The monoisotopic (exact) mass is 236 g/mol. The first-order valence-corrected chi connectivity index (χ1v) is 6.55. The van der Waals surface area contributed by atoms with Gasteiger partial charge < -0.3 is 10.3 Å². The predicted molar refractivity (Wildman–Crippen MR) is 69.5 cm³/mol. The molecule has 96 valence electrons. The Morgan fingerprint density at radius 3 is 2.71 bits per heavy atom. The van der Waals surface area contributed by atoms with Crippen molar-refractivity contribution in [2.24, 2.45) is 18.7 Å². The van der Waals surface area contributed by atoms with Gasteiger partial charge in [0, 0.05) is 32.0 Å². The Labute approximate surface area is 104 Å². The van der Waals surface area contributed by atoms with E-state index in [2.05, 4.69) is 28.5 Å². The molecule has 0 amide bonds. The maximum Gasteiger partial charge on any atom is 0.122 e. The number of aryl methyl sites for hydroxylation is 1. The largest absolute Gasteiger partial charge is 0.337 e. The van der Waals surface area contributed by atoms with Gasteiger partial charge in [-0.3, -0.25) is 4.90 Å². The van der Waals surface area contributed by atoms with Crippen LogP contribution >= 0.6 is 0 Å². The van der Waals surface area contributed by atoms with E-state index in [4.69, 9.17) is 5.73 Å². The van der Waals surface area contributed by atoms with Gasteiger partial charge >= 0.3 is 0 Å². The molecule has 0 spiro atoms. The van der Waals surface area contributed by atoms with Gasteiger partial charge in [0.1, 0.15) is 5.82 Å². The summed E-state index contributed by atoms with van der Waals surface area (Å²) in [6.45, 7) is 2.10. The van der Waals surface area contributed by atoms with Gasteiger partial charge in [-0.1, -0.05) is 0 Å². The lowest BCUT2D eigenvalue weighted by atomic mass is 9.86. The molecule has 4 nitrogen and oxygen atoms in total. The molecule has 0 atom stereocenters. The smallest absolute Gasteiger partial charge is 0.122 e. The zero-order valence-corrected chi connectivity index (χ0v) is 11.0. The van der Waals surface area contributed by atoms with Crippen molar-refractivity contribution >= 4 is 0 Å². The summed E-state index contributed by atoms with van der Waals surface area (Å²) in [4.78, 5) is 6.74. The van der Waals surface area contributed by atoms with Crippen molar-refractivity contribution in [1.29, 1.82) is 0 Å². The Hall–Kier alpha value is -0.870. The van der Waals surface area contributed by atoms with E-state index in [0.717, 1.165) is 18.3 Å². The number of aromatic nitrogens is 2. The fourth-order valence-corrected chi connectivity index (χ4v) is 2.67. The van der Waals surface area contributed by atoms with Crippen LogP contribution in [0.5, 0.6) is 0 Å². The van der Waals surface area contributed by atoms with E-state index < -0.39 is 0 Å². The number of nitrogens with zero attached hydrogens (tertiary/aromatic N) is 3. The summed E-state index contributed by atoms with van der Waals surface area (Å²) in [5.41, 5.74) is 5.93. The standard InChI is InChI=1S/C13H24N4/c1-16(10-13-15-7-8-17(13)2)9-11-3-5-12(14)6-4-11/h7-8,11-12H,3-6,9-10,14H2,1-2H3. The fraction of sp³-hybridized carbons (Fsp3) is 0.769. The summed E-state index contributed by atoms with van der Waals surface area (Å²) >= 11 is 0.